The van der Waals surface area contributed by atoms with Crippen LogP contribution in [0.4, 0.5) is 0 Å². The van der Waals surface area contributed by atoms with Crippen LogP contribution >= 0.6 is 11.3 Å². The summed E-state index contributed by atoms with van der Waals surface area (Å²) in [4.78, 5) is 24.4. The first-order valence-electron chi connectivity index (χ1n) is 6.32. The molecule has 0 atom stereocenters. The van der Waals surface area contributed by atoms with Gasteiger partial charge in [0.25, 0.3) is 0 Å². The molecular formula is C14H10N4O3S. The number of hydrogen-bond donors (Lipinski definition) is 0. The highest BCUT2D eigenvalue weighted by Crippen LogP contribution is 2.21. The van der Waals surface area contributed by atoms with E-state index in [-0.39, 0.29) is 12.4 Å². The number of nitrogens with zero attached hydrogens (tertiary/aromatic N) is 4. The van der Waals surface area contributed by atoms with Gasteiger partial charge in [-0.3, -0.25) is 4.79 Å². The zero-order valence-corrected chi connectivity index (χ0v) is 12.1. The molecule has 0 unspecified atom stereocenters. The minimum absolute atomic E-state index is 0.255. The van der Waals surface area contributed by atoms with Crippen molar-refractivity contribution >= 4 is 23.1 Å². The largest absolute Gasteiger partial charge is 0.453 e. The van der Waals surface area contributed by atoms with Gasteiger partial charge in [-0.2, -0.15) is 4.68 Å². The fraction of sp³-hybridized carbons (Fsp3) is 0.0714. The molecule has 0 amide bonds. The Kier molecular flexibility index (Phi) is 4.01. The molecular weight excluding hydrogens is 304 g/mol. The van der Waals surface area contributed by atoms with Gasteiger partial charge in [-0.25, -0.2) is 4.79 Å². The third-order valence-electron chi connectivity index (χ3n) is 2.86. The van der Waals surface area contributed by atoms with E-state index in [0.717, 1.165) is 0 Å². The van der Waals surface area contributed by atoms with Gasteiger partial charge in [0, 0.05) is 5.56 Å². The predicted octanol–water partition coefficient (Wildman–Crippen LogP) is 1.76. The number of ether oxygens (including phenoxy) is 1. The van der Waals surface area contributed by atoms with E-state index < -0.39 is 5.97 Å². The van der Waals surface area contributed by atoms with Crippen LogP contribution < -0.4 is 0 Å². The molecule has 0 spiro atoms. The van der Waals surface area contributed by atoms with Crippen molar-refractivity contribution in [3.05, 3.63) is 58.5 Å². The summed E-state index contributed by atoms with van der Waals surface area (Å²) in [6.45, 7) is -0.310. The minimum atomic E-state index is -0.579. The number of tetrazole rings is 1. The highest BCUT2D eigenvalue weighted by Gasteiger charge is 2.18. The summed E-state index contributed by atoms with van der Waals surface area (Å²) in [6.07, 6.45) is 1.38. The smallest absolute Gasteiger partial charge is 0.351 e. The van der Waals surface area contributed by atoms with Crippen molar-refractivity contribution in [2.45, 2.75) is 0 Å². The number of thiophene rings is 1. The number of Topliss-reactive ketones (excluding diaryl/α,β-unsaturated/α-hetero) is 1. The molecule has 110 valence electrons. The number of rotatable bonds is 5. The van der Waals surface area contributed by atoms with Crippen molar-refractivity contribution < 1.29 is 14.3 Å². The molecule has 2 heterocycles. The van der Waals surface area contributed by atoms with Crippen LogP contribution in [0.15, 0.2) is 48.1 Å². The molecule has 1 aromatic carbocycles. The highest BCUT2D eigenvalue weighted by atomic mass is 32.1. The fourth-order valence-corrected chi connectivity index (χ4v) is 2.58. The fourth-order valence-electron chi connectivity index (χ4n) is 1.81. The van der Waals surface area contributed by atoms with E-state index in [9.17, 15) is 9.59 Å². The zero-order chi connectivity index (χ0) is 15.4. The second-order valence-electron chi connectivity index (χ2n) is 4.25. The van der Waals surface area contributed by atoms with Crippen molar-refractivity contribution in [2.24, 2.45) is 0 Å². The molecule has 0 saturated carbocycles. The molecule has 0 aliphatic heterocycles. The van der Waals surface area contributed by atoms with Crippen molar-refractivity contribution in [1.82, 2.24) is 20.2 Å². The van der Waals surface area contributed by atoms with E-state index in [2.05, 4.69) is 15.5 Å². The second-order valence-corrected chi connectivity index (χ2v) is 5.17. The van der Waals surface area contributed by atoms with Crippen LogP contribution in [0, 0.1) is 0 Å². The van der Waals surface area contributed by atoms with Gasteiger partial charge in [0.15, 0.2) is 12.4 Å². The monoisotopic (exact) mass is 314 g/mol. The molecule has 0 N–H and O–H groups in total. The molecule has 0 aliphatic rings. The Hall–Kier alpha value is -2.87. The molecule has 7 nitrogen and oxygen atoms in total. The number of carbonyl (C=O) groups is 2. The molecule has 22 heavy (non-hydrogen) atoms. The van der Waals surface area contributed by atoms with E-state index in [1.807, 2.05) is 6.07 Å². The quantitative estimate of drug-likeness (QED) is 0.527. The third kappa shape index (κ3) is 2.91. The lowest BCUT2D eigenvalue weighted by Crippen LogP contribution is -2.14. The van der Waals surface area contributed by atoms with E-state index in [0.29, 0.717) is 16.1 Å². The zero-order valence-electron chi connectivity index (χ0n) is 11.2. The molecule has 2 aromatic heterocycles. The Bertz CT molecular complexity index is 784. The number of carbonyl (C=O) groups excluding carboxylic acids is 2. The number of ketones is 1. The summed E-state index contributed by atoms with van der Waals surface area (Å²) < 4.78 is 6.45. The number of hydrogen-bond acceptors (Lipinski definition) is 7. The normalized spacial score (nSPS) is 10.4. The van der Waals surface area contributed by atoms with Gasteiger partial charge >= 0.3 is 5.97 Å². The SMILES string of the molecule is O=C(COC(=O)c1sccc1-n1cnnn1)c1ccccc1. The van der Waals surface area contributed by atoms with Gasteiger partial charge in [-0.1, -0.05) is 30.3 Å². The van der Waals surface area contributed by atoms with Crippen LogP contribution in [0.25, 0.3) is 5.69 Å². The van der Waals surface area contributed by atoms with Crippen LogP contribution in [0.5, 0.6) is 0 Å². The van der Waals surface area contributed by atoms with Crippen LogP contribution in [0.1, 0.15) is 20.0 Å². The summed E-state index contributed by atoms with van der Waals surface area (Å²) in [7, 11) is 0. The lowest BCUT2D eigenvalue weighted by molar-refractivity contribution is 0.0479. The second kappa shape index (κ2) is 6.27. The molecule has 0 fully saturated rings. The molecule has 0 radical (unpaired) electrons. The summed E-state index contributed by atoms with van der Waals surface area (Å²) in [6, 6.07) is 10.4. The van der Waals surface area contributed by atoms with Crippen molar-refractivity contribution in [1.29, 1.82) is 0 Å². The Morgan fingerprint density at radius 1 is 1.18 bits per heavy atom. The first-order chi connectivity index (χ1) is 10.8. The molecule has 0 bridgehead atoms. The van der Waals surface area contributed by atoms with Crippen molar-refractivity contribution in [3.63, 3.8) is 0 Å². The lowest BCUT2D eigenvalue weighted by atomic mass is 10.1. The minimum Gasteiger partial charge on any atom is -0.453 e. The van der Waals surface area contributed by atoms with E-state index in [1.54, 1.807) is 35.7 Å². The summed E-state index contributed by atoms with van der Waals surface area (Å²) in [5.41, 5.74) is 1.02. The Balaban J connectivity index is 1.69. The molecule has 3 aromatic rings. The average Bonchev–Trinajstić information content (AvgIpc) is 3.23. The van der Waals surface area contributed by atoms with Gasteiger partial charge in [-0.15, -0.1) is 16.4 Å². The Labute approximate surface area is 129 Å². The van der Waals surface area contributed by atoms with Crippen LogP contribution in [-0.2, 0) is 4.74 Å². The topological polar surface area (TPSA) is 87.0 Å². The van der Waals surface area contributed by atoms with Crippen molar-refractivity contribution in [3.8, 4) is 5.69 Å². The first kappa shape index (κ1) is 14.1. The summed E-state index contributed by atoms with van der Waals surface area (Å²) >= 11 is 1.20. The maximum Gasteiger partial charge on any atom is 0.351 e. The van der Waals surface area contributed by atoms with Gasteiger partial charge in [0.2, 0.25) is 0 Å². The van der Waals surface area contributed by atoms with Gasteiger partial charge in [0.05, 0.1) is 5.69 Å². The van der Waals surface area contributed by atoms with Gasteiger partial charge in [-0.05, 0) is 21.9 Å². The van der Waals surface area contributed by atoms with Gasteiger partial charge in [0.1, 0.15) is 11.2 Å². The Morgan fingerprint density at radius 3 is 2.73 bits per heavy atom. The summed E-state index contributed by atoms with van der Waals surface area (Å²) in [5.74, 6) is -0.834. The third-order valence-corrected chi connectivity index (χ3v) is 3.74. The maximum atomic E-state index is 12.1. The van der Waals surface area contributed by atoms with Crippen LogP contribution in [0.2, 0.25) is 0 Å². The average molecular weight is 314 g/mol. The lowest BCUT2D eigenvalue weighted by Gasteiger charge is -2.04. The standard InChI is InChI=1S/C14H10N4O3S/c19-12(10-4-2-1-3-5-10)8-21-14(20)13-11(6-7-22-13)18-9-15-16-17-18/h1-7,9H,8H2. The summed E-state index contributed by atoms with van der Waals surface area (Å²) in [5, 5.41) is 12.5. The van der Waals surface area contributed by atoms with Crippen LogP contribution in [0.3, 0.4) is 0 Å². The molecule has 0 aliphatic carbocycles. The molecule has 3 rings (SSSR count). The molecule has 0 saturated heterocycles. The van der Waals surface area contributed by atoms with E-state index in [1.165, 1.54) is 22.3 Å². The number of esters is 1. The van der Waals surface area contributed by atoms with Crippen LogP contribution in [-0.4, -0.2) is 38.6 Å². The van der Waals surface area contributed by atoms with E-state index in [4.69, 9.17) is 4.74 Å². The predicted molar refractivity (Wildman–Crippen MR) is 78.1 cm³/mol. The number of aromatic nitrogens is 4. The van der Waals surface area contributed by atoms with Gasteiger partial charge < -0.3 is 4.74 Å². The highest BCUT2D eigenvalue weighted by molar-refractivity contribution is 7.12. The van der Waals surface area contributed by atoms with E-state index >= 15 is 0 Å². The Morgan fingerprint density at radius 2 is 2.00 bits per heavy atom. The number of benzene rings is 1. The molecule has 8 heteroatoms. The van der Waals surface area contributed by atoms with Crippen molar-refractivity contribution in [2.75, 3.05) is 6.61 Å². The maximum absolute atomic E-state index is 12.1. The first-order valence-corrected chi connectivity index (χ1v) is 7.20.